The van der Waals surface area contributed by atoms with Gasteiger partial charge in [-0.1, -0.05) is 30.4 Å². The molecule has 3 atom stereocenters. The second-order valence-corrected chi connectivity index (χ2v) is 8.95. The molecular formula is C24H30N2O6. The number of hydrogen-bond donors (Lipinski definition) is 0. The summed E-state index contributed by atoms with van der Waals surface area (Å²) in [5.41, 5.74) is -1.29. The van der Waals surface area contributed by atoms with E-state index in [1.165, 1.54) is 12.0 Å². The van der Waals surface area contributed by atoms with E-state index in [4.69, 9.17) is 14.2 Å². The lowest BCUT2D eigenvalue weighted by Gasteiger charge is -2.37. The highest BCUT2D eigenvalue weighted by Gasteiger charge is 2.57. The van der Waals surface area contributed by atoms with Gasteiger partial charge < -0.3 is 14.2 Å². The van der Waals surface area contributed by atoms with Gasteiger partial charge in [0.2, 0.25) is 0 Å². The van der Waals surface area contributed by atoms with Gasteiger partial charge in [0.15, 0.2) is 6.10 Å². The summed E-state index contributed by atoms with van der Waals surface area (Å²) in [5.74, 6) is -1.62. The van der Waals surface area contributed by atoms with Crippen LogP contribution in [0.2, 0.25) is 0 Å². The summed E-state index contributed by atoms with van der Waals surface area (Å²) in [6.07, 6.45) is -2.08. The van der Waals surface area contributed by atoms with Gasteiger partial charge in [0.05, 0.1) is 12.7 Å². The van der Waals surface area contributed by atoms with Crippen LogP contribution in [0.25, 0.3) is 0 Å². The van der Waals surface area contributed by atoms with Crippen LogP contribution in [0, 0.1) is 17.2 Å². The molecule has 0 spiro atoms. The van der Waals surface area contributed by atoms with Gasteiger partial charge >= 0.3 is 18.0 Å². The van der Waals surface area contributed by atoms with Gasteiger partial charge in [-0.15, -0.1) is 0 Å². The molecule has 0 N–H and O–H groups in total. The van der Waals surface area contributed by atoms with Crippen LogP contribution in [-0.2, 0) is 19.0 Å². The van der Waals surface area contributed by atoms with Crippen LogP contribution < -0.4 is 0 Å². The Hall–Kier alpha value is -3.34. The van der Waals surface area contributed by atoms with Gasteiger partial charge in [0, 0.05) is 13.0 Å². The largest absolute Gasteiger partial charge is 0.467 e. The normalized spacial score (nSPS) is 21.2. The van der Waals surface area contributed by atoms with E-state index in [1.54, 1.807) is 51.1 Å². The Morgan fingerprint density at radius 3 is 2.41 bits per heavy atom. The smallest absolute Gasteiger partial charge is 0.411 e. The number of methoxy groups -OCH3 is 1. The first kappa shape index (κ1) is 24.9. The van der Waals surface area contributed by atoms with Crippen molar-refractivity contribution in [3.8, 4) is 6.07 Å². The van der Waals surface area contributed by atoms with Crippen LogP contribution in [0.4, 0.5) is 4.79 Å². The fourth-order valence-corrected chi connectivity index (χ4v) is 3.73. The third-order valence-corrected chi connectivity index (χ3v) is 5.31. The zero-order valence-corrected chi connectivity index (χ0v) is 19.2. The molecule has 1 unspecified atom stereocenters. The van der Waals surface area contributed by atoms with E-state index >= 15 is 0 Å². The van der Waals surface area contributed by atoms with E-state index in [1.807, 2.05) is 13.0 Å². The van der Waals surface area contributed by atoms with E-state index in [0.717, 1.165) is 5.57 Å². The monoisotopic (exact) mass is 442 g/mol. The highest BCUT2D eigenvalue weighted by molar-refractivity contribution is 5.90. The van der Waals surface area contributed by atoms with Gasteiger partial charge in [-0.2, -0.15) is 5.26 Å². The standard InChI is InChI=1S/C24H30N2O6/c1-16(2)18-12-24(21(28)30-6,26(15-18)22(29)32-23(3,4)5)13-19(14-25)31-20(27)17-10-8-7-9-11-17/h7-11,18-19H,1,12-13,15H2,2-6H3/t18-,19?,24-/m1/s1. The third-order valence-electron chi connectivity index (χ3n) is 5.31. The predicted molar refractivity (Wildman–Crippen MR) is 116 cm³/mol. The number of esters is 2. The fraction of sp³-hybridized carbons (Fsp3) is 0.500. The number of carbonyl (C=O) groups is 3. The first-order chi connectivity index (χ1) is 14.9. The quantitative estimate of drug-likeness (QED) is 0.374. The molecule has 1 heterocycles. The predicted octanol–water partition coefficient (Wildman–Crippen LogP) is 3.87. The third kappa shape index (κ3) is 5.67. The van der Waals surface area contributed by atoms with E-state index in [9.17, 15) is 19.6 Å². The number of benzene rings is 1. The molecule has 172 valence electrons. The molecule has 32 heavy (non-hydrogen) atoms. The summed E-state index contributed by atoms with van der Waals surface area (Å²) in [7, 11) is 1.21. The van der Waals surface area contributed by atoms with Crippen LogP contribution in [0.15, 0.2) is 42.5 Å². The van der Waals surface area contributed by atoms with Gasteiger partial charge in [-0.25, -0.2) is 14.4 Å². The molecule has 1 aromatic carbocycles. The summed E-state index contributed by atoms with van der Waals surface area (Å²) in [6, 6.07) is 10.2. The number of rotatable bonds is 6. The average molecular weight is 443 g/mol. The van der Waals surface area contributed by atoms with Crippen molar-refractivity contribution in [3.63, 3.8) is 0 Å². The SMILES string of the molecule is C=C(C)[C@H]1CN(C(=O)OC(C)(C)C)[C@](CC(C#N)OC(=O)c2ccccc2)(C(=O)OC)C1. The second-order valence-electron chi connectivity index (χ2n) is 8.95. The van der Waals surface area contributed by atoms with Gasteiger partial charge in [-0.3, -0.25) is 4.90 Å². The minimum atomic E-state index is -1.54. The molecule has 1 fully saturated rings. The van der Waals surface area contributed by atoms with Crippen molar-refractivity contribution in [1.29, 1.82) is 5.26 Å². The van der Waals surface area contributed by atoms with Crippen molar-refractivity contribution in [2.75, 3.05) is 13.7 Å². The highest BCUT2D eigenvalue weighted by Crippen LogP contribution is 2.42. The molecule has 1 aliphatic rings. The van der Waals surface area contributed by atoms with E-state index in [2.05, 4.69) is 6.58 Å². The Kier molecular flexibility index (Phi) is 7.68. The maximum absolute atomic E-state index is 13.1. The lowest BCUT2D eigenvalue weighted by atomic mass is 9.85. The topological polar surface area (TPSA) is 106 Å². The Bertz CT molecular complexity index is 915. The molecule has 2 rings (SSSR count). The summed E-state index contributed by atoms with van der Waals surface area (Å²) in [4.78, 5) is 39.9. The zero-order chi connectivity index (χ0) is 24.1. The number of nitriles is 1. The molecule has 0 aliphatic carbocycles. The van der Waals surface area contributed by atoms with Gasteiger partial charge in [0.1, 0.15) is 17.2 Å². The molecule has 8 nitrogen and oxygen atoms in total. The Balaban J connectivity index is 2.40. The van der Waals surface area contributed by atoms with Crippen molar-refractivity contribution in [2.24, 2.45) is 5.92 Å². The molecule has 8 heteroatoms. The van der Waals surface area contributed by atoms with Crippen molar-refractivity contribution in [3.05, 3.63) is 48.0 Å². The van der Waals surface area contributed by atoms with E-state index in [0.29, 0.717) is 0 Å². The lowest BCUT2D eigenvalue weighted by Crippen LogP contribution is -2.56. The van der Waals surface area contributed by atoms with Crippen molar-refractivity contribution < 1.29 is 28.6 Å². The average Bonchev–Trinajstić information content (AvgIpc) is 3.13. The number of likely N-dealkylation sites (tertiary alicyclic amines) is 1. The van der Waals surface area contributed by atoms with Crippen LogP contribution in [0.5, 0.6) is 0 Å². The maximum Gasteiger partial charge on any atom is 0.411 e. The highest BCUT2D eigenvalue weighted by atomic mass is 16.6. The number of ether oxygens (including phenoxy) is 3. The van der Waals surface area contributed by atoms with E-state index < -0.39 is 35.3 Å². The second kappa shape index (κ2) is 9.86. The number of amides is 1. The molecule has 1 aromatic rings. The molecule has 1 aliphatic heterocycles. The molecule has 0 aromatic heterocycles. The summed E-state index contributed by atoms with van der Waals surface area (Å²) >= 11 is 0. The van der Waals surface area contributed by atoms with Crippen molar-refractivity contribution in [1.82, 2.24) is 4.90 Å². The molecule has 0 saturated carbocycles. The number of carbonyl (C=O) groups excluding carboxylic acids is 3. The summed E-state index contributed by atoms with van der Waals surface area (Å²) < 4.78 is 16.0. The van der Waals surface area contributed by atoms with Crippen molar-refractivity contribution in [2.45, 2.75) is 57.8 Å². The molecule has 1 saturated heterocycles. The number of hydrogen-bond acceptors (Lipinski definition) is 7. The van der Waals surface area contributed by atoms with Crippen LogP contribution in [0.3, 0.4) is 0 Å². The molecule has 1 amide bonds. The fourth-order valence-electron chi connectivity index (χ4n) is 3.73. The first-order valence-electron chi connectivity index (χ1n) is 10.3. The number of nitrogens with zero attached hydrogens (tertiary/aromatic N) is 2. The lowest BCUT2D eigenvalue weighted by molar-refractivity contribution is -0.155. The van der Waals surface area contributed by atoms with Crippen LogP contribution in [-0.4, -0.2) is 53.8 Å². The Morgan fingerprint density at radius 1 is 1.28 bits per heavy atom. The Morgan fingerprint density at radius 2 is 1.91 bits per heavy atom. The summed E-state index contributed by atoms with van der Waals surface area (Å²) in [6.45, 7) is 11.1. The zero-order valence-electron chi connectivity index (χ0n) is 19.2. The maximum atomic E-state index is 13.1. The Labute approximate surface area is 188 Å². The van der Waals surface area contributed by atoms with Crippen LogP contribution >= 0.6 is 0 Å². The van der Waals surface area contributed by atoms with Crippen LogP contribution in [0.1, 0.15) is 50.9 Å². The first-order valence-corrected chi connectivity index (χ1v) is 10.3. The van der Waals surface area contributed by atoms with E-state index in [-0.39, 0.29) is 30.9 Å². The minimum absolute atomic E-state index is 0.171. The van der Waals surface area contributed by atoms with Gasteiger partial charge in [0.25, 0.3) is 0 Å². The molecule has 0 radical (unpaired) electrons. The molecule has 0 bridgehead atoms. The minimum Gasteiger partial charge on any atom is -0.467 e. The van der Waals surface area contributed by atoms with Crippen molar-refractivity contribution >= 4 is 18.0 Å². The van der Waals surface area contributed by atoms with Gasteiger partial charge in [-0.05, 0) is 52.2 Å². The molecular weight excluding hydrogens is 412 g/mol. The summed E-state index contributed by atoms with van der Waals surface area (Å²) in [5, 5.41) is 9.71.